The van der Waals surface area contributed by atoms with E-state index >= 15 is 0 Å². The summed E-state index contributed by atoms with van der Waals surface area (Å²) in [7, 11) is 0. The van der Waals surface area contributed by atoms with Crippen LogP contribution in [0.3, 0.4) is 0 Å². The summed E-state index contributed by atoms with van der Waals surface area (Å²) in [4.78, 5) is 14.4. The van der Waals surface area contributed by atoms with E-state index < -0.39 is 11.5 Å². The molecule has 3 N–H and O–H groups in total. The molecule has 0 atom stereocenters. The molecule has 7 heteroatoms. The lowest BCUT2D eigenvalue weighted by Gasteiger charge is -2.31. The Morgan fingerprint density at radius 2 is 2.18 bits per heavy atom. The molecule has 1 fully saturated rings. The van der Waals surface area contributed by atoms with Gasteiger partial charge in [-0.25, -0.2) is 4.39 Å². The lowest BCUT2D eigenvalue weighted by Crippen LogP contribution is -2.43. The molecule has 1 aliphatic rings. The third-order valence-electron chi connectivity index (χ3n) is 4.16. The summed E-state index contributed by atoms with van der Waals surface area (Å²) in [5.74, 6) is -1.19. The first kappa shape index (κ1) is 16.7. The van der Waals surface area contributed by atoms with E-state index in [2.05, 4.69) is 24.1 Å². The number of halogens is 1. The van der Waals surface area contributed by atoms with E-state index in [1.807, 2.05) is 0 Å². The Hall–Kier alpha value is -1.70. The molecule has 0 spiro atoms. The molecule has 6 nitrogen and oxygen atoms in total. The van der Waals surface area contributed by atoms with Crippen LogP contribution < -0.4 is 10.5 Å². The van der Waals surface area contributed by atoms with Gasteiger partial charge in [-0.05, 0) is 51.4 Å². The van der Waals surface area contributed by atoms with Crippen LogP contribution in [0.4, 0.5) is 10.1 Å². The number of nitrogens with zero attached hydrogens (tertiary/aromatic N) is 2. The predicted molar refractivity (Wildman–Crippen MR) is 79.7 cm³/mol. The van der Waals surface area contributed by atoms with Gasteiger partial charge in [-0.3, -0.25) is 20.1 Å². The van der Waals surface area contributed by atoms with Gasteiger partial charge in [-0.15, -0.1) is 5.23 Å². The Labute approximate surface area is 129 Å². The fourth-order valence-electron chi connectivity index (χ4n) is 2.79. The van der Waals surface area contributed by atoms with Gasteiger partial charge in [0.25, 0.3) is 5.91 Å². The van der Waals surface area contributed by atoms with Crippen molar-refractivity contribution in [2.45, 2.75) is 32.2 Å². The average Bonchev–Trinajstić information content (AvgIpc) is 2.78. The highest BCUT2D eigenvalue weighted by Crippen LogP contribution is 2.27. The van der Waals surface area contributed by atoms with Crippen molar-refractivity contribution < 1.29 is 19.6 Å². The molecule has 1 amide bonds. The largest absolute Gasteiger partial charge is 0.351 e. The van der Waals surface area contributed by atoms with Crippen molar-refractivity contribution in [3.8, 4) is 0 Å². The van der Waals surface area contributed by atoms with Crippen LogP contribution in [-0.2, 0) is 0 Å². The molecular formula is C15H22FN3O3. The molecule has 2 rings (SSSR count). The number of benzene rings is 1. The molecule has 22 heavy (non-hydrogen) atoms. The Morgan fingerprint density at radius 3 is 2.77 bits per heavy atom. The van der Waals surface area contributed by atoms with E-state index in [4.69, 9.17) is 10.4 Å². The molecule has 1 aliphatic heterocycles. The number of likely N-dealkylation sites (tertiary alicyclic amines) is 1. The molecule has 1 saturated heterocycles. The molecule has 0 radical (unpaired) electrons. The molecule has 0 saturated carbocycles. The molecular weight excluding hydrogens is 289 g/mol. The molecule has 1 aromatic rings. The SMILES string of the molecule is CC1(C)CCCN1CCNC(=O)c1ccc(F)c(N(O)O)c1. The van der Waals surface area contributed by atoms with Gasteiger partial charge in [0.1, 0.15) is 5.69 Å². The monoisotopic (exact) mass is 311 g/mol. The van der Waals surface area contributed by atoms with Gasteiger partial charge in [0.15, 0.2) is 5.82 Å². The zero-order chi connectivity index (χ0) is 16.3. The molecule has 0 bridgehead atoms. The van der Waals surface area contributed by atoms with Crippen molar-refractivity contribution in [2.24, 2.45) is 0 Å². The quantitative estimate of drug-likeness (QED) is 0.725. The molecule has 0 aromatic heterocycles. The van der Waals surface area contributed by atoms with Crippen LogP contribution in [0.15, 0.2) is 18.2 Å². The van der Waals surface area contributed by atoms with Gasteiger partial charge in [0, 0.05) is 24.2 Å². The summed E-state index contributed by atoms with van der Waals surface area (Å²) in [6.45, 7) is 6.62. The van der Waals surface area contributed by atoms with Crippen molar-refractivity contribution in [3.05, 3.63) is 29.6 Å². The van der Waals surface area contributed by atoms with Gasteiger partial charge >= 0.3 is 0 Å². The lowest BCUT2D eigenvalue weighted by molar-refractivity contribution is 0.0272. The van der Waals surface area contributed by atoms with Crippen molar-refractivity contribution in [2.75, 3.05) is 24.9 Å². The van der Waals surface area contributed by atoms with Crippen LogP contribution in [0, 0.1) is 5.82 Å². The van der Waals surface area contributed by atoms with Crippen LogP contribution in [0.25, 0.3) is 0 Å². The van der Waals surface area contributed by atoms with Crippen LogP contribution in [0.1, 0.15) is 37.0 Å². The summed E-state index contributed by atoms with van der Waals surface area (Å²) < 4.78 is 13.3. The lowest BCUT2D eigenvalue weighted by atomic mass is 10.0. The molecule has 0 aliphatic carbocycles. The Balaban J connectivity index is 1.91. The van der Waals surface area contributed by atoms with Gasteiger partial charge in [0.05, 0.1) is 0 Å². The van der Waals surface area contributed by atoms with Gasteiger partial charge in [-0.2, -0.15) is 0 Å². The zero-order valence-corrected chi connectivity index (χ0v) is 12.8. The Morgan fingerprint density at radius 1 is 1.45 bits per heavy atom. The topological polar surface area (TPSA) is 76.0 Å². The van der Waals surface area contributed by atoms with Gasteiger partial charge in [-0.1, -0.05) is 0 Å². The molecule has 1 heterocycles. The third kappa shape index (κ3) is 3.73. The van der Waals surface area contributed by atoms with Gasteiger partial charge in [0.2, 0.25) is 0 Å². The van der Waals surface area contributed by atoms with E-state index in [1.54, 1.807) is 0 Å². The maximum Gasteiger partial charge on any atom is 0.251 e. The van der Waals surface area contributed by atoms with Crippen LogP contribution >= 0.6 is 0 Å². The van der Waals surface area contributed by atoms with Crippen molar-refractivity contribution in [1.29, 1.82) is 0 Å². The zero-order valence-electron chi connectivity index (χ0n) is 12.8. The first-order valence-electron chi connectivity index (χ1n) is 7.32. The number of carbonyl (C=O) groups is 1. The molecule has 122 valence electrons. The molecule has 0 unspecified atom stereocenters. The fraction of sp³-hybridized carbons (Fsp3) is 0.533. The normalized spacial score (nSPS) is 17.5. The minimum atomic E-state index is -0.819. The summed E-state index contributed by atoms with van der Waals surface area (Å²) in [5, 5.41) is 20.2. The van der Waals surface area contributed by atoms with E-state index in [1.165, 1.54) is 6.07 Å². The summed E-state index contributed by atoms with van der Waals surface area (Å²) in [6.07, 6.45) is 2.30. The van der Waals surface area contributed by atoms with Crippen molar-refractivity contribution in [3.63, 3.8) is 0 Å². The van der Waals surface area contributed by atoms with E-state index in [0.717, 1.165) is 38.1 Å². The molecule has 1 aromatic carbocycles. The second-order valence-corrected chi connectivity index (χ2v) is 6.11. The number of anilines is 1. The van der Waals surface area contributed by atoms with E-state index in [9.17, 15) is 9.18 Å². The second kappa shape index (κ2) is 6.60. The van der Waals surface area contributed by atoms with Crippen LogP contribution in [0.2, 0.25) is 0 Å². The Kier molecular flexibility index (Phi) is 5.00. The summed E-state index contributed by atoms with van der Waals surface area (Å²) >= 11 is 0. The second-order valence-electron chi connectivity index (χ2n) is 6.11. The highest BCUT2D eigenvalue weighted by molar-refractivity contribution is 5.95. The van der Waals surface area contributed by atoms with E-state index in [0.29, 0.717) is 6.54 Å². The number of nitrogens with one attached hydrogen (secondary N) is 1. The number of hydrogen-bond donors (Lipinski definition) is 3. The minimum Gasteiger partial charge on any atom is -0.351 e. The summed E-state index contributed by atoms with van der Waals surface area (Å²) in [6, 6.07) is 3.41. The highest BCUT2D eigenvalue weighted by atomic mass is 19.1. The number of hydrogen-bond acceptors (Lipinski definition) is 5. The van der Waals surface area contributed by atoms with Crippen LogP contribution in [0.5, 0.6) is 0 Å². The predicted octanol–water partition coefficient (Wildman–Crippen LogP) is 2.01. The van der Waals surface area contributed by atoms with Crippen LogP contribution in [-0.4, -0.2) is 46.4 Å². The fourth-order valence-corrected chi connectivity index (χ4v) is 2.79. The van der Waals surface area contributed by atoms with E-state index in [-0.39, 0.29) is 22.2 Å². The maximum atomic E-state index is 13.3. The number of rotatable bonds is 5. The maximum absolute atomic E-state index is 13.3. The average molecular weight is 311 g/mol. The van der Waals surface area contributed by atoms with Gasteiger partial charge < -0.3 is 5.32 Å². The van der Waals surface area contributed by atoms with Crippen molar-refractivity contribution >= 4 is 11.6 Å². The minimum absolute atomic E-state index is 0.155. The summed E-state index contributed by atoms with van der Waals surface area (Å²) in [5.41, 5.74) is -0.138. The number of carbonyl (C=O) groups excluding carboxylic acids is 1. The Bertz CT molecular complexity index is 549. The first-order valence-corrected chi connectivity index (χ1v) is 7.32. The first-order chi connectivity index (χ1) is 10.3. The number of amides is 1. The third-order valence-corrected chi connectivity index (χ3v) is 4.16. The van der Waals surface area contributed by atoms with Crippen molar-refractivity contribution in [1.82, 2.24) is 10.2 Å². The smallest absolute Gasteiger partial charge is 0.251 e. The standard InChI is InChI=1S/C15H22FN3O3/c1-15(2)6-3-8-18(15)9-7-17-14(20)11-4-5-12(16)13(10-11)19(21)22/h4-5,10,21-22H,3,6-9H2,1-2H3,(H,17,20). The highest BCUT2D eigenvalue weighted by Gasteiger charge is 2.31.